The minimum atomic E-state index is -1.06. The van der Waals surface area contributed by atoms with Crippen LogP contribution in [0.4, 0.5) is 4.79 Å². The van der Waals surface area contributed by atoms with Gasteiger partial charge >= 0.3 is 6.03 Å². The summed E-state index contributed by atoms with van der Waals surface area (Å²) >= 11 is 0. The van der Waals surface area contributed by atoms with E-state index in [0.717, 1.165) is 33.5 Å². The number of rotatable bonds is 8. The zero-order valence-corrected chi connectivity index (χ0v) is 21.0. The van der Waals surface area contributed by atoms with Crippen LogP contribution in [0.5, 0.6) is 11.5 Å². The van der Waals surface area contributed by atoms with Crippen LogP contribution in [-0.2, 0) is 11.2 Å². The summed E-state index contributed by atoms with van der Waals surface area (Å²) in [6.07, 6.45) is 2.18. The van der Waals surface area contributed by atoms with Crippen molar-refractivity contribution in [3.8, 4) is 11.5 Å². The summed E-state index contributed by atoms with van der Waals surface area (Å²) < 4.78 is 5.74. The molecular weight excluding hydrogens is 456 g/mol. The monoisotopic (exact) mass is 488 g/mol. The van der Waals surface area contributed by atoms with E-state index < -0.39 is 11.6 Å². The molecule has 2 aliphatic rings. The molecule has 1 aromatic heterocycles. The van der Waals surface area contributed by atoms with Gasteiger partial charge in [0.1, 0.15) is 23.1 Å². The standard InChI is InChI=1S/C28H32N4O4/c1-5-12-30(4)13-14-31-26(34)28(3)17-22-21-16-20(36-6-2)10-11-23(21)29-24(22)25(32(28)27(31)35)18-8-7-9-19(33)15-18/h5,7-11,15-16,25,29,33H,1,6,12-14,17H2,2-4H3/t25-,28+/m1/s1. The second-order valence-corrected chi connectivity index (χ2v) is 9.77. The highest BCUT2D eigenvalue weighted by Gasteiger charge is 2.60. The topological polar surface area (TPSA) is 89.1 Å². The number of H-pyrrole nitrogens is 1. The van der Waals surface area contributed by atoms with E-state index in [-0.39, 0.29) is 17.7 Å². The van der Waals surface area contributed by atoms with Crippen LogP contribution >= 0.6 is 0 Å². The number of benzene rings is 2. The molecule has 36 heavy (non-hydrogen) atoms. The second kappa shape index (κ2) is 9.02. The van der Waals surface area contributed by atoms with E-state index in [1.54, 1.807) is 29.2 Å². The number of hydrogen-bond acceptors (Lipinski definition) is 5. The van der Waals surface area contributed by atoms with Crippen molar-refractivity contribution in [1.82, 2.24) is 19.7 Å². The van der Waals surface area contributed by atoms with Gasteiger partial charge in [-0.15, -0.1) is 6.58 Å². The van der Waals surface area contributed by atoms with E-state index in [2.05, 4.69) is 11.6 Å². The summed E-state index contributed by atoms with van der Waals surface area (Å²) in [5, 5.41) is 11.3. The van der Waals surface area contributed by atoms with E-state index in [1.165, 1.54) is 4.90 Å². The lowest BCUT2D eigenvalue weighted by Gasteiger charge is -2.42. The molecule has 3 aromatic rings. The Morgan fingerprint density at radius 1 is 1.28 bits per heavy atom. The fourth-order valence-corrected chi connectivity index (χ4v) is 5.57. The average molecular weight is 489 g/mol. The van der Waals surface area contributed by atoms with Gasteiger partial charge in [-0.3, -0.25) is 14.6 Å². The van der Waals surface area contributed by atoms with E-state index in [4.69, 9.17) is 4.74 Å². The number of aromatic amines is 1. The van der Waals surface area contributed by atoms with Gasteiger partial charge in [0.15, 0.2) is 0 Å². The van der Waals surface area contributed by atoms with Crippen LogP contribution in [0.1, 0.15) is 36.7 Å². The summed E-state index contributed by atoms with van der Waals surface area (Å²) in [5.74, 6) is 0.663. The van der Waals surface area contributed by atoms with Gasteiger partial charge in [0, 0.05) is 42.7 Å². The molecular formula is C28H32N4O4. The number of fused-ring (bicyclic) bond motifs is 4. The Hall–Kier alpha value is -3.78. The van der Waals surface area contributed by atoms with E-state index in [1.807, 2.05) is 50.1 Å². The fraction of sp³-hybridized carbons (Fsp3) is 0.357. The van der Waals surface area contributed by atoms with Crippen molar-refractivity contribution in [2.75, 3.05) is 33.3 Å². The number of urea groups is 1. The number of likely N-dealkylation sites (N-methyl/N-ethyl adjacent to an activating group) is 1. The van der Waals surface area contributed by atoms with Gasteiger partial charge < -0.3 is 19.7 Å². The summed E-state index contributed by atoms with van der Waals surface area (Å²) in [7, 11) is 1.93. The van der Waals surface area contributed by atoms with Crippen LogP contribution in [0.3, 0.4) is 0 Å². The molecule has 1 saturated heterocycles. The van der Waals surface area contributed by atoms with Crippen molar-refractivity contribution >= 4 is 22.8 Å². The van der Waals surface area contributed by atoms with Crippen molar-refractivity contribution in [1.29, 1.82) is 0 Å². The molecule has 3 heterocycles. The lowest BCUT2D eigenvalue weighted by Crippen LogP contribution is -2.53. The molecule has 0 spiro atoms. The van der Waals surface area contributed by atoms with Crippen molar-refractivity contribution in [2.45, 2.75) is 31.8 Å². The third kappa shape index (κ3) is 3.73. The van der Waals surface area contributed by atoms with Crippen LogP contribution in [0, 0.1) is 0 Å². The maximum Gasteiger partial charge on any atom is 0.328 e. The Bertz CT molecular complexity index is 1350. The summed E-state index contributed by atoms with van der Waals surface area (Å²) in [6, 6.07) is 11.9. The van der Waals surface area contributed by atoms with Gasteiger partial charge in [0.2, 0.25) is 0 Å². The SMILES string of the molecule is C=CCN(C)CCN1C(=O)N2[C@H](c3cccc(O)c3)c3[nH]c4ccc(OCC)cc4c3C[C@@]2(C)C1=O. The maximum absolute atomic E-state index is 13.9. The lowest BCUT2D eigenvalue weighted by molar-refractivity contribution is -0.133. The predicted octanol–water partition coefficient (Wildman–Crippen LogP) is 4.06. The highest BCUT2D eigenvalue weighted by Crippen LogP contribution is 2.49. The largest absolute Gasteiger partial charge is 0.508 e. The van der Waals surface area contributed by atoms with Gasteiger partial charge in [-0.1, -0.05) is 18.2 Å². The number of nitrogens with one attached hydrogen (secondary N) is 1. The molecule has 0 radical (unpaired) electrons. The third-order valence-corrected chi connectivity index (χ3v) is 7.28. The van der Waals surface area contributed by atoms with Gasteiger partial charge in [-0.05, 0) is 62.4 Å². The van der Waals surface area contributed by atoms with Crippen molar-refractivity contribution < 1.29 is 19.4 Å². The minimum absolute atomic E-state index is 0.108. The Labute approximate surface area is 210 Å². The molecule has 3 amide bonds. The number of amides is 3. The van der Waals surface area contributed by atoms with Crippen LogP contribution in [0.25, 0.3) is 10.9 Å². The van der Waals surface area contributed by atoms with Gasteiger partial charge in [-0.25, -0.2) is 4.79 Å². The first-order valence-electron chi connectivity index (χ1n) is 12.3. The van der Waals surface area contributed by atoms with E-state index in [0.29, 0.717) is 32.7 Å². The lowest BCUT2D eigenvalue weighted by atomic mass is 9.81. The third-order valence-electron chi connectivity index (χ3n) is 7.28. The summed E-state index contributed by atoms with van der Waals surface area (Å²) in [6.45, 7) is 9.62. The number of phenolic OH excluding ortho intramolecular Hbond substituents is 1. The van der Waals surface area contributed by atoms with Crippen LogP contribution in [0.15, 0.2) is 55.1 Å². The molecule has 1 fully saturated rings. The molecule has 2 N–H and O–H groups in total. The molecule has 2 aromatic carbocycles. The Morgan fingerprint density at radius 3 is 2.81 bits per heavy atom. The smallest absolute Gasteiger partial charge is 0.328 e. The zero-order chi connectivity index (χ0) is 25.6. The molecule has 0 unspecified atom stereocenters. The van der Waals surface area contributed by atoms with E-state index in [9.17, 15) is 14.7 Å². The zero-order valence-electron chi connectivity index (χ0n) is 21.0. The van der Waals surface area contributed by atoms with Gasteiger partial charge in [-0.2, -0.15) is 0 Å². The molecule has 188 valence electrons. The highest BCUT2D eigenvalue weighted by atomic mass is 16.5. The number of hydrogen-bond donors (Lipinski definition) is 2. The molecule has 0 bridgehead atoms. The quantitative estimate of drug-likeness (QED) is 0.369. The molecule has 2 atom stereocenters. The first-order valence-corrected chi connectivity index (χ1v) is 12.3. The molecule has 0 saturated carbocycles. The van der Waals surface area contributed by atoms with Gasteiger partial charge in [0.25, 0.3) is 5.91 Å². The van der Waals surface area contributed by atoms with Crippen LogP contribution < -0.4 is 4.74 Å². The predicted molar refractivity (Wildman–Crippen MR) is 138 cm³/mol. The molecule has 8 nitrogen and oxygen atoms in total. The Morgan fingerprint density at radius 2 is 2.08 bits per heavy atom. The highest BCUT2D eigenvalue weighted by molar-refractivity contribution is 6.08. The Balaban J connectivity index is 1.64. The number of ether oxygens (including phenoxy) is 1. The fourth-order valence-electron chi connectivity index (χ4n) is 5.57. The number of nitrogens with zero attached hydrogens (tertiary/aromatic N) is 3. The van der Waals surface area contributed by atoms with Crippen molar-refractivity contribution in [3.63, 3.8) is 0 Å². The van der Waals surface area contributed by atoms with Crippen molar-refractivity contribution in [3.05, 3.63) is 71.9 Å². The van der Waals surface area contributed by atoms with Crippen LogP contribution in [0.2, 0.25) is 0 Å². The van der Waals surface area contributed by atoms with Crippen LogP contribution in [-0.4, -0.2) is 75.6 Å². The number of carbonyl (C=O) groups is 2. The van der Waals surface area contributed by atoms with E-state index >= 15 is 0 Å². The van der Waals surface area contributed by atoms with Gasteiger partial charge in [0.05, 0.1) is 6.61 Å². The number of phenols is 1. The summed E-state index contributed by atoms with van der Waals surface area (Å²) in [4.78, 5) is 36.3. The molecule has 0 aliphatic carbocycles. The number of imide groups is 1. The molecule has 8 heteroatoms. The normalized spacial score (nSPS) is 21.3. The first-order chi connectivity index (χ1) is 17.3. The maximum atomic E-state index is 13.9. The number of aromatic hydroxyl groups is 1. The summed E-state index contributed by atoms with van der Waals surface area (Å²) in [5.41, 5.74) is 2.44. The Kier molecular flexibility index (Phi) is 6.00. The first kappa shape index (κ1) is 23.9. The number of aromatic nitrogens is 1. The molecule has 2 aliphatic heterocycles. The number of carbonyl (C=O) groups excluding carboxylic acids is 2. The minimum Gasteiger partial charge on any atom is -0.508 e. The average Bonchev–Trinajstić information content (AvgIpc) is 3.28. The van der Waals surface area contributed by atoms with Crippen molar-refractivity contribution in [2.24, 2.45) is 0 Å². The molecule has 5 rings (SSSR count). The second-order valence-electron chi connectivity index (χ2n) is 9.77.